The van der Waals surface area contributed by atoms with Crippen LogP contribution in [0.5, 0.6) is 11.5 Å². The molecule has 1 aliphatic heterocycles. The molecule has 0 saturated heterocycles. The number of carbonyl (C=O) groups excluding carboxylic acids is 1. The standard InChI is InChI=1S/C22H18N4O5/c1-25-11-15(20(27)23-14-7-8-16-17(9-14)31-12-30-16)18-19(25)21(28)26(22(29)24-18)10-13-5-3-2-4-6-13/h2-9,11H,10,12H2,1H3,(H,23,27)(H,24,29). The Balaban J connectivity index is 1.52. The van der Waals surface area contributed by atoms with Gasteiger partial charge in [-0.05, 0) is 17.7 Å². The number of fused-ring (bicyclic) bond motifs is 2. The van der Waals surface area contributed by atoms with Crippen LogP contribution in [-0.2, 0) is 13.6 Å². The van der Waals surface area contributed by atoms with E-state index < -0.39 is 17.2 Å². The zero-order valence-corrected chi connectivity index (χ0v) is 16.5. The topological polar surface area (TPSA) is 107 Å². The number of ether oxygens (including phenoxy) is 2. The Labute approximate surface area is 175 Å². The van der Waals surface area contributed by atoms with Gasteiger partial charge >= 0.3 is 5.69 Å². The van der Waals surface area contributed by atoms with Crippen LogP contribution in [0.3, 0.4) is 0 Å². The Bertz CT molecular complexity index is 1430. The van der Waals surface area contributed by atoms with Gasteiger partial charge in [-0.25, -0.2) is 4.79 Å². The van der Waals surface area contributed by atoms with Crippen LogP contribution >= 0.6 is 0 Å². The number of hydrogen-bond donors (Lipinski definition) is 2. The highest BCUT2D eigenvalue weighted by atomic mass is 16.7. The fraction of sp³-hybridized carbons (Fsp3) is 0.136. The van der Waals surface area contributed by atoms with Crippen molar-refractivity contribution in [3.63, 3.8) is 0 Å². The summed E-state index contributed by atoms with van der Waals surface area (Å²) < 4.78 is 13.3. The molecule has 4 aromatic rings. The third-order valence-corrected chi connectivity index (χ3v) is 5.16. The Morgan fingerprint density at radius 3 is 2.68 bits per heavy atom. The first-order chi connectivity index (χ1) is 15.0. The summed E-state index contributed by atoms with van der Waals surface area (Å²) in [6.07, 6.45) is 1.52. The van der Waals surface area contributed by atoms with Crippen molar-refractivity contribution >= 4 is 22.6 Å². The third kappa shape index (κ3) is 3.25. The molecule has 5 rings (SSSR count). The minimum atomic E-state index is -0.579. The number of nitrogens with zero attached hydrogens (tertiary/aromatic N) is 2. The van der Waals surface area contributed by atoms with Gasteiger partial charge in [0.25, 0.3) is 11.5 Å². The zero-order chi connectivity index (χ0) is 21.5. The number of rotatable bonds is 4. The minimum Gasteiger partial charge on any atom is -0.454 e. The van der Waals surface area contributed by atoms with Crippen molar-refractivity contribution in [2.75, 3.05) is 12.1 Å². The molecule has 0 radical (unpaired) electrons. The average Bonchev–Trinajstić information content (AvgIpc) is 3.35. The maximum Gasteiger partial charge on any atom is 0.329 e. The lowest BCUT2D eigenvalue weighted by Gasteiger charge is -2.07. The maximum atomic E-state index is 13.1. The van der Waals surface area contributed by atoms with Crippen molar-refractivity contribution in [3.05, 3.63) is 86.7 Å². The van der Waals surface area contributed by atoms with Crippen LogP contribution in [0.4, 0.5) is 5.69 Å². The molecule has 2 aromatic carbocycles. The quantitative estimate of drug-likeness (QED) is 0.528. The Kier molecular flexibility index (Phi) is 4.36. The predicted molar refractivity (Wildman–Crippen MR) is 114 cm³/mol. The number of amides is 1. The predicted octanol–water partition coefficient (Wildman–Crippen LogP) is 2.06. The first-order valence-corrected chi connectivity index (χ1v) is 9.58. The van der Waals surface area contributed by atoms with Gasteiger partial charge in [-0.3, -0.25) is 14.2 Å². The number of aryl methyl sites for hydroxylation is 1. The maximum absolute atomic E-state index is 13.1. The van der Waals surface area contributed by atoms with E-state index in [0.29, 0.717) is 17.2 Å². The molecule has 0 bridgehead atoms. The van der Waals surface area contributed by atoms with E-state index in [2.05, 4.69) is 10.3 Å². The van der Waals surface area contributed by atoms with E-state index >= 15 is 0 Å². The van der Waals surface area contributed by atoms with Crippen LogP contribution in [0, 0.1) is 0 Å². The summed E-state index contributed by atoms with van der Waals surface area (Å²) in [6.45, 7) is 0.265. The normalized spacial score (nSPS) is 12.3. The number of nitrogens with one attached hydrogen (secondary N) is 2. The van der Waals surface area contributed by atoms with E-state index in [0.717, 1.165) is 10.1 Å². The number of aromatic amines is 1. The van der Waals surface area contributed by atoms with Crippen LogP contribution in [0.15, 0.2) is 64.3 Å². The first-order valence-electron chi connectivity index (χ1n) is 9.58. The molecule has 1 amide bonds. The fourth-order valence-corrected chi connectivity index (χ4v) is 3.66. The van der Waals surface area contributed by atoms with Crippen molar-refractivity contribution in [3.8, 4) is 11.5 Å². The van der Waals surface area contributed by atoms with E-state index in [9.17, 15) is 14.4 Å². The van der Waals surface area contributed by atoms with Crippen LogP contribution in [-0.4, -0.2) is 26.8 Å². The molecule has 31 heavy (non-hydrogen) atoms. The number of hydrogen-bond acceptors (Lipinski definition) is 5. The lowest BCUT2D eigenvalue weighted by Crippen LogP contribution is -2.36. The highest BCUT2D eigenvalue weighted by Gasteiger charge is 2.21. The number of carbonyl (C=O) groups is 1. The van der Waals surface area contributed by atoms with E-state index in [1.54, 1.807) is 29.8 Å². The lowest BCUT2D eigenvalue weighted by atomic mass is 10.2. The zero-order valence-electron chi connectivity index (χ0n) is 16.5. The first kappa shape index (κ1) is 18.7. The molecular formula is C22H18N4O5. The molecule has 0 spiro atoms. The Morgan fingerprint density at radius 1 is 1.10 bits per heavy atom. The van der Waals surface area contributed by atoms with Crippen molar-refractivity contribution in [2.24, 2.45) is 7.05 Å². The molecule has 0 aliphatic carbocycles. The highest BCUT2D eigenvalue weighted by molar-refractivity contribution is 6.11. The van der Waals surface area contributed by atoms with E-state index in [4.69, 9.17) is 9.47 Å². The average molecular weight is 418 g/mol. The number of H-pyrrole nitrogens is 1. The summed E-state index contributed by atoms with van der Waals surface area (Å²) in [5.41, 5.74) is 0.912. The summed E-state index contributed by atoms with van der Waals surface area (Å²) in [5, 5.41) is 2.77. The Morgan fingerprint density at radius 2 is 1.87 bits per heavy atom. The summed E-state index contributed by atoms with van der Waals surface area (Å²) in [4.78, 5) is 41.3. The molecule has 2 N–H and O–H groups in total. The van der Waals surface area contributed by atoms with Gasteiger partial charge in [0, 0.05) is 25.0 Å². The van der Waals surface area contributed by atoms with Crippen molar-refractivity contribution < 1.29 is 14.3 Å². The van der Waals surface area contributed by atoms with Gasteiger partial charge in [-0.2, -0.15) is 0 Å². The lowest BCUT2D eigenvalue weighted by molar-refractivity contribution is 0.102. The van der Waals surface area contributed by atoms with Gasteiger partial charge in [0.15, 0.2) is 11.5 Å². The summed E-state index contributed by atoms with van der Waals surface area (Å²) >= 11 is 0. The van der Waals surface area contributed by atoms with Gasteiger partial charge in [0.1, 0.15) is 5.52 Å². The summed E-state index contributed by atoms with van der Waals surface area (Å²) in [6, 6.07) is 14.3. The van der Waals surface area contributed by atoms with E-state index in [1.807, 2.05) is 30.3 Å². The molecule has 2 aromatic heterocycles. The monoisotopic (exact) mass is 418 g/mol. The van der Waals surface area contributed by atoms with Crippen molar-refractivity contribution in [2.45, 2.75) is 6.54 Å². The number of benzene rings is 2. The molecule has 0 fully saturated rings. The van der Waals surface area contributed by atoms with Crippen LogP contribution in [0.2, 0.25) is 0 Å². The van der Waals surface area contributed by atoms with Crippen LogP contribution < -0.4 is 26.0 Å². The second kappa shape index (κ2) is 7.21. The minimum absolute atomic E-state index is 0.131. The second-order valence-electron chi connectivity index (χ2n) is 7.21. The van der Waals surface area contributed by atoms with Crippen LogP contribution in [0.25, 0.3) is 11.0 Å². The molecular weight excluding hydrogens is 400 g/mol. The number of aromatic nitrogens is 3. The number of anilines is 1. The molecule has 156 valence electrons. The molecule has 1 aliphatic rings. The molecule has 9 nitrogen and oxygen atoms in total. The third-order valence-electron chi connectivity index (χ3n) is 5.16. The second-order valence-corrected chi connectivity index (χ2v) is 7.21. The van der Waals surface area contributed by atoms with Gasteiger partial charge < -0.3 is 24.3 Å². The molecule has 0 atom stereocenters. The molecule has 0 saturated carbocycles. The van der Waals surface area contributed by atoms with E-state index in [-0.39, 0.29) is 29.9 Å². The highest BCUT2D eigenvalue weighted by Crippen LogP contribution is 2.34. The smallest absolute Gasteiger partial charge is 0.329 e. The summed E-state index contributed by atoms with van der Waals surface area (Å²) in [5.74, 6) is 0.680. The van der Waals surface area contributed by atoms with Crippen LogP contribution in [0.1, 0.15) is 15.9 Å². The van der Waals surface area contributed by atoms with E-state index in [1.165, 1.54) is 6.20 Å². The van der Waals surface area contributed by atoms with Gasteiger partial charge in [0.05, 0.1) is 17.6 Å². The van der Waals surface area contributed by atoms with Crippen molar-refractivity contribution in [1.82, 2.24) is 14.1 Å². The van der Waals surface area contributed by atoms with Gasteiger partial charge in [0.2, 0.25) is 6.79 Å². The molecule has 3 heterocycles. The fourth-order valence-electron chi connectivity index (χ4n) is 3.66. The largest absolute Gasteiger partial charge is 0.454 e. The Hall–Kier alpha value is -4.27. The van der Waals surface area contributed by atoms with Gasteiger partial charge in [-0.15, -0.1) is 0 Å². The SMILES string of the molecule is Cn1cc(C(=O)Nc2ccc3c(c2)OCO3)c2[nH]c(=O)n(Cc3ccccc3)c(=O)c21. The van der Waals surface area contributed by atoms with Gasteiger partial charge in [-0.1, -0.05) is 30.3 Å². The molecule has 9 heteroatoms. The molecule has 0 unspecified atom stereocenters. The van der Waals surface area contributed by atoms with Crippen molar-refractivity contribution in [1.29, 1.82) is 0 Å². The summed E-state index contributed by atoms with van der Waals surface area (Å²) in [7, 11) is 1.66.